The van der Waals surface area contributed by atoms with Crippen molar-refractivity contribution >= 4 is 0 Å². The molecule has 1 atom stereocenters. The predicted molar refractivity (Wildman–Crippen MR) is 56.2 cm³/mol. The first-order valence-corrected chi connectivity index (χ1v) is 5.38. The van der Waals surface area contributed by atoms with Gasteiger partial charge in [-0.2, -0.15) is 0 Å². The molecule has 0 aromatic rings. The van der Waals surface area contributed by atoms with E-state index in [9.17, 15) is 0 Å². The first kappa shape index (κ1) is 12.0. The van der Waals surface area contributed by atoms with Crippen LogP contribution in [0, 0.1) is 5.41 Å². The lowest BCUT2D eigenvalue weighted by molar-refractivity contribution is 0.248. The lowest BCUT2D eigenvalue weighted by Gasteiger charge is -2.28. The Bertz CT molecular complexity index is 91.2. The molecule has 1 unspecified atom stereocenters. The van der Waals surface area contributed by atoms with Gasteiger partial charge < -0.3 is 5.73 Å². The third-order valence-electron chi connectivity index (χ3n) is 2.97. The standard InChI is InChI=1S/C11H25N/c1-4-6-8-11(3,5-2)9-7-10-12/h4-10,12H2,1-3H3. The van der Waals surface area contributed by atoms with Gasteiger partial charge in [0, 0.05) is 0 Å². The van der Waals surface area contributed by atoms with Gasteiger partial charge in [0.25, 0.3) is 0 Å². The Hall–Kier alpha value is -0.0400. The molecule has 0 fully saturated rings. The van der Waals surface area contributed by atoms with Gasteiger partial charge in [-0.3, -0.25) is 0 Å². The highest BCUT2D eigenvalue weighted by molar-refractivity contribution is 4.72. The van der Waals surface area contributed by atoms with Gasteiger partial charge in [0.2, 0.25) is 0 Å². The number of rotatable bonds is 7. The minimum Gasteiger partial charge on any atom is -0.330 e. The van der Waals surface area contributed by atoms with Crippen LogP contribution in [0.1, 0.15) is 59.3 Å². The zero-order valence-corrected chi connectivity index (χ0v) is 9.03. The van der Waals surface area contributed by atoms with Crippen molar-refractivity contribution in [1.82, 2.24) is 0 Å². The van der Waals surface area contributed by atoms with Gasteiger partial charge in [0.05, 0.1) is 0 Å². The van der Waals surface area contributed by atoms with Gasteiger partial charge in [0.15, 0.2) is 0 Å². The summed E-state index contributed by atoms with van der Waals surface area (Å²) in [5, 5.41) is 0. The van der Waals surface area contributed by atoms with Crippen LogP contribution in [0.4, 0.5) is 0 Å². The van der Waals surface area contributed by atoms with Gasteiger partial charge in [-0.15, -0.1) is 0 Å². The van der Waals surface area contributed by atoms with Crippen LogP contribution in [0.3, 0.4) is 0 Å². The lowest BCUT2D eigenvalue weighted by atomic mass is 9.78. The second-order valence-electron chi connectivity index (χ2n) is 4.16. The summed E-state index contributed by atoms with van der Waals surface area (Å²) in [4.78, 5) is 0. The van der Waals surface area contributed by atoms with E-state index in [0.717, 1.165) is 6.54 Å². The van der Waals surface area contributed by atoms with Gasteiger partial charge in [0.1, 0.15) is 0 Å². The van der Waals surface area contributed by atoms with E-state index in [1.165, 1.54) is 38.5 Å². The molecule has 0 aromatic heterocycles. The lowest BCUT2D eigenvalue weighted by Crippen LogP contribution is -2.16. The van der Waals surface area contributed by atoms with E-state index in [1.54, 1.807) is 0 Å². The van der Waals surface area contributed by atoms with E-state index in [1.807, 2.05) is 0 Å². The van der Waals surface area contributed by atoms with E-state index >= 15 is 0 Å². The first-order chi connectivity index (χ1) is 5.68. The highest BCUT2D eigenvalue weighted by atomic mass is 14.5. The fraction of sp³-hybridized carbons (Fsp3) is 1.00. The van der Waals surface area contributed by atoms with Gasteiger partial charge in [-0.1, -0.05) is 40.0 Å². The van der Waals surface area contributed by atoms with E-state index in [4.69, 9.17) is 5.73 Å². The highest BCUT2D eigenvalue weighted by Crippen LogP contribution is 2.32. The summed E-state index contributed by atoms with van der Waals surface area (Å²) in [7, 11) is 0. The molecule has 0 rings (SSSR count). The minimum atomic E-state index is 0.565. The Morgan fingerprint density at radius 1 is 1.08 bits per heavy atom. The average Bonchev–Trinajstić information content (AvgIpc) is 2.11. The van der Waals surface area contributed by atoms with Gasteiger partial charge in [-0.05, 0) is 31.2 Å². The molecule has 0 amide bonds. The molecule has 0 aromatic carbocycles. The summed E-state index contributed by atoms with van der Waals surface area (Å²) >= 11 is 0. The average molecular weight is 171 g/mol. The second kappa shape index (κ2) is 6.47. The zero-order valence-electron chi connectivity index (χ0n) is 9.03. The summed E-state index contributed by atoms with van der Waals surface area (Å²) in [6, 6.07) is 0. The third kappa shape index (κ3) is 4.76. The van der Waals surface area contributed by atoms with E-state index in [-0.39, 0.29) is 0 Å². The van der Waals surface area contributed by atoms with Crippen LogP contribution < -0.4 is 5.73 Å². The van der Waals surface area contributed by atoms with E-state index in [0.29, 0.717) is 5.41 Å². The quantitative estimate of drug-likeness (QED) is 0.624. The zero-order chi connectivity index (χ0) is 9.45. The Morgan fingerprint density at radius 2 is 1.67 bits per heavy atom. The predicted octanol–water partition coefficient (Wildman–Crippen LogP) is 3.33. The highest BCUT2D eigenvalue weighted by Gasteiger charge is 2.19. The van der Waals surface area contributed by atoms with Crippen molar-refractivity contribution in [1.29, 1.82) is 0 Å². The van der Waals surface area contributed by atoms with Crippen molar-refractivity contribution in [2.24, 2.45) is 11.1 Å². The molecule has 1 nitrogen and oxygen atoms in total. The molecule has 0 aliphatic heterocycles. The maximum absolute atomic E-state index is 5.52. The van der Waals surface area contributed by atoms with Crippen molar-refractivity contribution in [2.45, 2.75) is 59.3 Å². The molecule has 0 aliphatic rings. The normalized spacial score (nSPS) is 16.0. The molecule has 0 radical (unpaired) electrons. The van der Waals surface area contributed by atoms with Crippen molar-refractivity contribution in [3.8, 4) is 0 Å². The van der Waals surface area contributed by atoms with Crippen LogP contribution in [0.15, 0.2) is 0 Å². The largest absolute Gasteiger partial charge is 0.330 e. The maximum Gasteiger partial charge on any atom is -0.00771 e. The molecule has 0 bridgehead atoms. The molecular formula is C11H25N. The Kier molecular flexibility index (Phi) is 6.45. The third-order valence-corrected chi connectivity index (χ3v) is 2.97. The topological polar surface area (TPSA) is 26.0 Å². The summed E-state index contributed by atoms with van der Waals surface area (Å²) in [6.45, 7) is 7.81. The first-order valence-electron chi connectivity index (χ1n) is 5.38. The van der Waals surface area contributed by atoms with Crippen LogP contribution in [-0.2, 0) is 0 Å². The monoisotopic (exact) mass is 171 g/mol. The molecule has 1 heteroatoms. The van der Waals surface area contributed by atoms with Gasteiger partial charge in [-0.25, -0.2) is 0 Å². The smallest absolute Gasteiger partial charge is 0.00771 e. The van der Waals surface area contributed by atoms with Gasteiger partial charge >= 0.3 is 0 Å². The Balaban J connectivity index is 3.70. The van der Waals surface area contributed by atoms with Crippen LogP contribution in [0.25, 0.3) is 0 Å². The molecule has 0 saturated heterocycles. The van der Waals surface area contributed by atoms with Crippen molar-refractivity contribution < 1.29 is 0 Å². The van der Waals surface area contributed by atoms with Crippen LogP contribution >= 0.6 is 0 Å². The summed E-state index contributed by atoms with van der Waals surface area (Å²) in [5.41, 5.74) is 6.08. The van der Waals surface area contributed by atoms with Crippen molar-refractivity contribution in [2.75, 3.05) is 6.54 Å². The molecule has 2 N–H and O–H groups in total. The molecule has 12 heavy (non-hydrogen) atoms. The van der Waals surface area contributed by atoms with E-state index < -0.39 is 0 Å². The molecule has 74 valence electrons. The van der Waals surface area contributed by atoms with E-state index in [2.05, 4.69) is 20.8 Å². The second-order valence-corrected chi connectivity index (χ2v) is 4.16. The SMILES string of the molecule is CCCCC(C)(CC)CCCN. The summed E-state index contributed by atoms with van der Waals surface area (Å²) in [6.07, 6.45) is 7.86. The fourth-order valence-electron chi connectivity index (χ4n) is 1.61. The van der Waals surface area contributed by atoms with Crippen LogP contribution in [-0.4, -0.2) is 6.54 Å². The number of hydrogen-bond donors (Lipinski definition) is 1. The molecule has 0 saturated carbocycles. The van der Waals surface area contributed by atoms with Crippen LogP contribution in [0.5, 0.6) is 0 Å². The molecule has 0 aliphatic carbocycles. The number of nitrogens with two attached hydrogens (primary N) is 1. The number of unbranched alkanes of at least 4 members (excludes halogenated alkanes) is 1. The van der Waals surface area contributed by atoms with Crippen LogP contribution in [0.2, 0.25) is 0 Å². The Morgan fingerprint density at radius 3 is 2.08 bits per heavy atom. The molecule has 0 heterocycles. The Labute approximate surface area is 77.7 Å². The molecular weight excluding hydrogens is 146 g/mol. The summed E-state index contributed by atoms with van der Waals surface area (Å²) < 4.78 is 0. The number of hydrogen-bond acceptors (Lipinski definition) is 1. The molecule has 0 spiro atoms. The minimum absolute atomic E-state index is 0.565. The van der Waals surface area contributed by atoms with Crippen molar-refractivity contribution in [3.05, 3.63) is 0 Å². The fourth-order valence-corrected chi connectivity index (χ4v) is 1.61. The van der Waals surface area contributed by atoms with Crippen molar-refractivity contribution in [3.63, 3.8) is 0 Å². The maximum atomic E-state index is 5.52. The summed E-state index contributed by atoms with van der Waals surface area (Å²) in [5.74, 6) is 0.